The van der Waals surface area contributed by atoms with E-state index >= 15 is 0 Å². The fourth-order valence-corrected chi connectivity index (χ4v) is 3.99. The van der Waals surface area contributed by atoms with Gasteiger partial charge in [0.25, 0.3) is 0 Å². The summed E-state index contributed by atoms with van der Waals surface area (Å²) in [6.07, 6.45) is -1.48. The van der Waals surface area contributed by atoms with Crippen LogP contribution in [0.5, 0.6) is 0 Å². The molecular weight excluding hydrogens is 315 g/mol. The van der Waals surface area contributed by atoms with E-state index in [9.17, 15) is 31.8 Å². The maximum atomic E-state index is 11.4. The molecule has 19 heavy (non-hydrogen) atoms. The van der Waals surface area contributed by atoms with Gasteiger partial charge in [-0.15, -0.1) is 0 Å². The first-order chi connectivity index (χ1) is 8.17. The molecule has 0 spiro atoms. The molecule has 12 heteroatoms. The molecule has 0 bridgehead atoms. The quantitative estimate of drug-likeness (QED) is 0.306. The van der Waals surface area contributed by atoms with Crippen LogP contribution < -0.4 is 34.7 Å². The molecule has 0 amide bonds. The van der Waals surface area contributed by atoms with E-state index in [4.69, 9.17) is 0 Å². The maximum Gasteiger partial charge on any atom is 1.00 e. The Labute approximate surface area is 131 Å². The van der Waals surface area contributed by atoms with Crippen LogP contribution in [0.4, 0.5) is 0 Å². The van der Waals surface area contributed by atoms with Gasteiger partial charge in [0.1, 0.15) is 5.76 Å². The molecule has 0 aromatic carbocycles. The second kappa shape index (κ2) is 7.02. The van der Waals surface area contributed by atoms with Gasteiger partial charge in [-0.25, -0.2) is 0 Å². The molecule has 0 aromatic heterocycles. The number of carboxylic acids is 1. The largest absolute Gasteiger partial charge is 1.00 e. The molecule has 9 nitrogen and oxygen atoms in total. The number of carboxylic acid groups (broad SMARTS) is 1. The van der Waals surface area contributed by atoms with E-state index < -0.39 is 62.3 Å². The number of rotatable bonds is 3. The first-order valence-electron chi connectivity index (χ1n) is 4.57. The van der Waals surface area contributed by atoms with Crippen molar-refractivity contribution in [3.8, 4) is 0 Å². The van der Waals surface area contributed by atoms with Crippen LogP contribution in [-0.2, 0) is 33.4 Å². The third-order valence-electron chi connectivity index (χ3n) is 1.82. The Bertz CT molecular complexity index is 536. The van der Waals surface area contributed by atoms with Crippen LogP contribution in [0.25, 0.3) is 0 Å². The molecule has 0 radical (unpaired) electrons. The summed E-state index contributed by atoms with van der Waals surface area (Å²) in [5, 5.41) is 19.6. The standard InChI is InChI=1S/C7H10O9S2.Na/c8-5(1-2-6(9)10)7-17(11,12)15-3-4-16-18(7,13)14;/h8H,1-4H2,(H,9,10);/q;+1/p-1. The van der Waals surface area contributed by atoms with Crippen LogP contribution in [0.3, 0.4) is 0 Å². The number of hydrogen-bond donors (Lipinski definition) is 1. The van der Waals surface area contributed by atoms with Crippen LogP contribution in [0.1, 0.15) is 12.8 Å². The molecule has 1 saturated heterocycles. The predicted octanol–water partition coefficient (Wildman–Crippen LogP) is -5.05. The van der Waals surface area contributed by atoms with Gasteiger partial charge in [0.2, 0.25) is 4.24 Å². The van der Waals surface area contributed by atoms with Gasteiger partial charge in [0.05, 0.1) is 13.2 Å². The van der Waals surface area contributed by atoms with Crippen molar-refractivity contribution in [3.05, 3.63) is 10.00 Å². The van der Waals surface area contributed by atoms with Gasteiger partial charge in [-0.05, 0) is 6.42 Å². The van der Waals surface area contributed by atoms with Gasteiger partial charge in [-0.3, -0.25) is 8.37 Å². The number of aliphatic hydroxyl groups is 1. The molecule has 0 atom stereocenters. The van der Waals surface area contributed by atoms with Crippen LogP contribution in [-0.4, -0.2) is 41.1 Å². The van der Waals surface area contributed by atoms with Crippen molar-refractivity contribution < 1.29 is 69.8 Å². The van der Waals surface area contributed by atoms with Crippen molar-refractivity contribution in [3.63, 3.8) is 0 Å². The third kappa shape index (κ3) is 5.02. The molecule has 104 valence electrons. The molecule has 1 rings (SSSR count). The van der Waals surface area contributed by atoms with E-state index in [0.29, 0.717) is 0 Å². The Kier molecular flexibility index (Phi) is 6.95. The van der Waals surface area contributed by atoms with Gasteiger partial charge in [0.15, 0.2) is 0 Å². The van der Waals surface area contributed by atoms with Crippen LogP contribution in [0.2, 0.25) is 0 Å². The summed E-state index contributed by atoms with van der Waals surface area (Å²) in [6, 6.07) is 0. The molecule has 1 aliphatic rings. The van der Waals surface area contributed by atoms with E-state index in [1.54, 1.807) is 0 Å². The monoisotopic (exact) mass is 324 g/mol. The van der Waals surface area contributed by atoms with Crippen molar-refractivity contribution in [2.45, 2.75) is 12.8 Å². The Morgan fingerprint density at radius 3 is 1.89 bits per heavy atom. The molecule has 1 N–H and O–H groups in total. The number of aliphatic hydroxyl groups excluding tert-OH is 1. The van der Waals surface area contributed by atoms with Crippen molar-refractivity contribution in [1.82, 2.24) is 0 Å². The normalized spacial score (nSPS) is 20.9. The Balaban J connectivity index is 0.00000324. The topological polar surface area (TPSA) is 147 Å². The molecule has 1 aliphatic heterocycles. The minimum absolute atomic E-state index is 0. The summed E-state index contributed by atoms with van der Waals surface area (Å²) in [5.41, 5.74) is 0. The van der Waals surface area contributed by atoms with Crippen molar-refractivity contribution in [2.75, 3.05) is 13.2 Å². The second-order valence-electron chi connectivity index (χ2n) is 3.16. The molecular formula is C7H9NaO9S2. The SMILES string of the molecule is O=C([O-])CCC(O)=C1S(=O)(=O)OCCOS1(=O)=O.[Na+]. The Hall–Kier alpha value is -0.170. The maximum absolute atomic E-state index is 11.4. The number of aliphatic carboxylic acids is 1. The number of allylic oxidation sites excluding steroid dienone is 1. The van der Waals surface area contributed by atoms with E-state index in [1.807, 2.05) is 0 Å². The molecule has 1 fully saturated rings. The van der Waals surface area contributed by atoms with Gasteiger partial charge in [0, 0.05) is 12.4 Å². The first kappa shape index (κ1) is 18.8. The van der Waals surface area contributed by atoms with Gasteiger partial charge in [-0.1, -0.05) is 0 Å². The second-order valence-corrected chi connectivity index (χ2v) is 6.52. The predicted molar refractivity (Wildman–Crippen MR) is 53.6 cm³/mol. The average molecular weight is 324 g/mol. The summed E-state index contributed by atoms with van der Waals surface area (Å²) >= 11 is 0. The number of hydrogen-bond acceptors (Lipinski definition) is 9. The summed E-state index contributed by atoms with van der Waals surface area (Å²) in [6.45, 7) is -1.06. The fourth-order valence-electron chi connectivity index (χ4n) is 1.13. The summed E-state index contributed by atoms with van der Waals surface area (Å²) in [5.74, 6) is -2.74. The zero-order valence-corrected chi connectivity index (χ0v) is 13.5. The zero-order valence-electron chi connectivity index (χ0n) is 9.86. The molecule has 0 saturated carbocycles. The van der Waals surface area contributed by atoms with Crippen LogP contribution in [0.15, 0.2) is 10.00 Å². The summed E-state index contributed by atoms with van der Waals surface area (Å²) in [4.78, 5) is 10.2. The third-order valence-corrected chi connectivity index (χ3v) is 5.37. The Morgan fingerprint density at radius 2 is 1.53 bits per heavy atom. The van der Waals surface area contributed by atoms with E-state index in [-0.39, 0.29) is 29.6 Å². The summed E-state index contributed by atoms with van der Waals surface area (Å²) < 4.78 is 52.8. The average Bonchev–Trinajstić information content (AvgIpc) is 2.30. The van der Waals surface area contributed by atoms with Crippen molar-refractivity contribution in [1.29, 1.82) is 0 Å². The summed E-state index contributed by atoms with van der Waals surface area (Å²) in [7, 11) is -9.42. The van der Waals surface area contributed by atoms with Crippen molar-refractivity contribution in [2.24, 2.45) is 0 Å². The minimum Gasteiger partial charge on any atom is -0.550 e. The number of carbonyl (C=O) groups excluding carboxylic acids is 1. The van der Waals surface area contributed by atoms with Crippen molar-refractivity contribution >= 4 is 26.2 Å². The van der Waals surface area contributed by atoms with E-state index in [2.05, 4.69) is 8.37 Å². The zero-order chi connectivity index (χ0) is 14.0. The van der Waals surface area contributed by atoms with Crippen LogP contribution >= 0.6 is 0 Å². The smallest absolute Gasteiger partial charge is 0.550 e. The molecule has 0 aromatic rings. The minimum atomic E-state index is -4.71. The molecule has 0 unspecified atom stereocenters. The van der Waals surface area contributed by atoms with E-state index in [1.165, 1.54) is 0 Å². The fraction of sp³-hybridized carbons (Fsp3) is 0.571. The van der Waals surface area contributed by atoms with Gasteiger partial charge >= 0.3 is 49.8 Å². The van der Waals surface area contributed by atoms with Gasteiger partial charge < -0.3 is 15.0 Å². The Morgan fingerprint density at radius 1 is 1.11 bits per heavy atom. The van der Waals surface area contributed by atoms with Gasteiger partial charge in [-0.2, -0.15) is 16.8 Å². The molecule has 1 heterocycles. The molecule has 0 aliphatic carbocycles. The first-order valence-corrected chi connectivity index (χ1v) is 7.39. The van der Waals surface area contributed by atoms with Crippen LogP contribution in [0, 0.1) is 0 Å². The van der Waals surface area contributed by atoms with E-state index in [0.717, 1.165) is 0 Å². The number of carbonyl (C=O) groups is 1.